The van der Waals surface area contributed by atoms with Crippen LogP contribution in [0.2, 0.25) is 5.02 Å². The van der Waals surface area contributed by atoms with E-state index in [4.69, 9.17) is 22.6 Å². The number of nitrogens with zero attached hydrogens (tertiary/aromatic N) is 2. The van der Waals surface area contributed by atoms with Gasteiger partial charge in [0, 0.05) is 33.9 Å². The maximum atomic E-state index is 12.8. The number of nitrogen functional groups attached to an aromatic ring is 1. The summed E-state index contributed by atoms with van der Waals surface area (Å²) in [6.07, 6.45) is 0.349. The van der Waals surface area contributed by atoms with Crippen molar-refractivity contribution < 1.29 is 13.2 Å². The largest absolute Gasteiger partial charge is 0.398 e. The standard InChI is InChI=1S/C20H17ClN4O3S2/c21-15-2-1-3-18-14(15)9-19(29-18)30(27,28)24-17-6-7-25(20(17)26)11-13-8-12(10-22)4-5-16(13)23/h1-5,8-9,17,24H,6-7,11,23H2/t17-/m0/s1. The number of halogens is 1. The predicted molar refractivity (Wildman–Crippen MR) is 117 cm³/mol. The Kier molecular flexibility index (Phi) is 5.42. The number of rotatable bonds is 5. The molecule has 30 heavy (non-hydrogen) atoms. The zero-order valence-corrected chi connectivity index (χ0v) is 18.0. The fraction of sp³-hybridized carbons (Fsp3) is 0.200. The molecule has 0 radical (unpaired) electrons. The van der Waals surface area contributed by atoms with E-state index in [0.29, 0.717) is 40.2 Å². The van der Waals surface area contributed by atoms with E-state index in [1.807, 2.05) is 6.07 Å². The number of fused-ring (bicyclic) bond motifs is 1. The summed E-state index contributed by atoms with van der Waals surface area (Å²) in [6, 6.07) is 12.9. The van der Waals surface area contributed by atoms with Crippen LogP contribution in [0.25, 0.3) is 10.1 Å². The molecule has 1 saturated heterocycles. The number of carbonyl (C=O) groups is 1. The fourth-order valence-electron chi connectivity index (χ4n) is 3.40. The van der Waals surface area contributed by atoms with Crippen LogP contribution >= 0.6 is 22.9 Å². The number of sulfonamides is 1. The lowest BCUT2D eigenvalue weighted by molar-refractivity contribution is -0.129. The van der Waals surface area contributed by atoms with Gasteiger partial charge in [0.2, 0.25) is 5.91 Å². The molecular weight excluding hydrogens is 444 g/mol. The Labute approximate surface area is 182 Å². The van der Waals surface area contributed by atoms with E-state index in [0.717, 1.165) is 16.0 Å². The molecule has 154 valence electrons. The molecule has 0 unspecified atom stereocenters. The molecule has 7 nitrogen and oxygen atoms in total. The Morgan fingerprint density at radius 1 is 1.30 bits per heavy atom. The molecule has 1 fully saturated rings. The smallest absolute Gasteiger partial charge is 0.250 e. The van der Waals surface area contributed by atoms with Crippen LogP contribution in [0.4, 0.5) is 5.69 Å². The second kappa shape index (κ2) is 7.89. The minimum absolute atomic E-state index is 0.114. The number of hydrogen-bond acceptors (Lipinski definition) is 6. The molecule has 3 N–H and O–H groups in total. The van der Waals surface area contributed by atoms with E-state index in [1.54, 1.807) is 41.3 Å². The molecule has 1 atom stereocenters. The lowest BCUT2D eigenvalue weighted by Gasteiger charge is -2.18. The Balaban J connectivity index is 1.51. The van der Waals surface area contributed by atoms with Gasteiger partial charge in [0.25, 0.3) is 10.0 Å². The fourth-order valence-corrected chi connectivity index (χ4v) is 6.34. The number of anilines is 1. The highest BCUT2D eigenvalue weighted by molar-refractivity contribution is 7.91. The summed E-state index contributed by atoms with van der Waals surface area (Å²) in [7, 11) is -3.88. The van der Waals surface area contributed by atoms with Gasteiger partial charge in [-0.25, -0.2) is 8.42 Å². The van der Waals surface area contributed by atoms with Crippen LogP contribution in [0.5, 0.6) is 0 Å². The first-order chi connectivity index (χ1) is 14.3. The molecule has 10 heteroatoms. The monoisotopic (exact) mass is 460 g/mol. The summed E-state index contributed by atoms with van der Waals surface area (Å²) in [5, 5.41) is 10.2. The molecule has 0 bridgehead atoms. The lowest BCUT2D eigenvalue weighted by Crippen LogP contribution is -2.41. The van der Waals surface area contributed by atoms with Crippen molar-refractivity contribution in [2.75, 3.05) is 12.3 Å². The first kappa shape index (κ1) is 20.6. The number of nitriles is 1. The third-order valence-corrected chi connectivity index (χ3v) is 8.35. The highest BCUT2D eigenvalue weighted by Gasteiger charge is 2.35. The van der Waals surface area contributed by atoms with Gasteiger partial charge < -0.3 is 10.6 Å². The van der Waals surface area contributed by atoms with Crippen molar-refractivity contribution in [3.05, 3.63) is 58.6 Å². The van der Waals surface area contributed by atoms with Crippen molar-refractivity contribution in [3.8, 4) is 6.07 Å². The summed E-state index contributed by atoms with van der Waals surface area (Å²) in [4.78, 5) is 14.3. The Bertz CT molecular complexity index is 1300. The lowest BCUT2D eigenvalue weighted by atomic mass is 10.1. The molecule has 1 aliphatic rings. The molecule has 0 spiro atoms. The number of amides is 1. The Hall–Kier alpha value is -2.64. The highest BCUT2D eigenvalue weighted by Crippen LogP contribution is 2.33. The van der Waals surface area contributed by atoms with Crippen molar-refractivity contribution in [1.82, 2.24) is 9.62 Å². The van der Waals surface area contributed by atoms with E-state index in [-0.39, 0.29) is 16.7 Å². The van der Waals surface area contributed by atoms with Gasteiger partial charge in [-0.1, -0.05) is 17.7 Å². The van der Waals surface area contributed by atoms with Gasteiger partial charge in [-0.2, -0.15) is 9.98 Å². The number of benzene rings is 2. The number of likely N-dealkylation sites (tertiary alicyclic amines) is 1. The van der Waals surface area contributed by atoms with Gasteiger partial charge in [-0.05, 0) is 48.4 Å². The number of nitrogens with two attached hydrogens (primary N) is 1. The van der Waals surface area contributed by atoms with Crippen LogP contribution in [-0.4, -0.2) is 31.8 Å². The third kappa shape index (κ3) is 3.87. The Morgan fingerprint density at radius 2 is 2.10 bits per heavy atom. The Morgan fingerprint density at radius 3 is 2.83 bits per heavy atom. The molecule has 2 heterocycles. The normalized spacial score (nSPS) is 16.9. The van der Waals surface area contributed by atoms with Gasteiger partial charge in [0.1, 0.15) is 10.3 Å². The summed E-state index contributed by atoms with van der Waals surface area (Å²) in [6.45, 7) is 0.609. The van der Waals surface area contributed by atoms with Crippen LogP contribution < -0.4 is 10.5 Å². The molecule has 0 aliphatic carbocycles. The molecule has 1 aliphatic heterocycles. The average Bonchev–Trinajstić information content (AvgIpc) is 3.30. The molecule has 1 amide bonds. The molecule has 2 aromatic carbocycles. The van der Waals surface area contributed by atoms with Crippen molar-refractivity contribution in [2.45, 2.75) is 23.2 Å². The van der Waals surface area contributed by atoms with Crippen LogP contribution in [0.15, 0.2) is 46.7 Å². The molecule has 0 saturated carbocycles. The minimum Gasteiger partial charge on any atom is -0.398 e. The summed E-state index contributed by atoms with van der Waals surface area (Å²) < 4.78 is 29.1. The third-order valence-electron chi connectivity index (χ3n) is 4.98. The van der Waals surface area contributed by atoms with E-state index >= 15 is 0 Å². The first-order valence-electron chi connectivity index (χ1n) is 9.06. The van der Waals surface area contributed by atoms with Gasteiger partial charge in [-0.15, -0.1) is 11.3 Å². The molecule has 4 rings (SSSR count). The van der Waals surface area contributed by atoms with Crippen molar-refractivity contribution in [2.24, 2.45) is 0 Å². The van der Waals surface area contributed by atoms with Crippen LogP contribution in [-0.2, 0) is 21.4 Å². The highest BCUT2D eigenvalue weighted by atomic mass is 35.5. The quantitative estimate of drug-likeness (QED) is 0.567. The topological polar surface area (TPSA) is 116 Å². The van der Waals surface area contributed by atoms with E-state index in [9.17, 15) is 13.2 Å². The summed E-state index contributed by atoms with van der Waals surface area (Å²) in [5.41, 5.74) is 7.55. The minimum atomic E-state index is -3.88. The zero-order valence-electron chi connectivity index (χ0n) is 15.6. The van der Waals surface area contributed by atoms with Gasteiger partial charge in [-0.3, -0.25) is 4.79 Å². The second-order valence-electron chi connectivity index (χ2n) is 6.96. The van der Waals surface area contributed by atoms with Gasteiger partial charge in [0.05, 0.1) is 11.6 Å². The maximum Gasteiger partial charge on any atom is 0.250 e. The molecule has 3 aromatic rings. The van der Waals surface area contributed by atoms with Crippen LogP contribution in [0.1, 0.15) is 17.5 Å². The first-order valence-corrected chi connectivity index (χ1v) is 11.7. The average molecular weight is 461 g/mol. The number of carbonyl (C=O) groups excluding carboxylic acids is 1. The second-order valence-corrected chi connectivity index (χ2v) is 10.4. The summed E-state index contributed by atoms with van der Waals surface area (Å²) >= 11 is 7.25. The van der Waals surface area contributed by atoms with Crippen LogP contribution in [0, 0.1) is 11.3 Å². The van der Waals surface area contributed by atoms with Gasteiger partial charge >= 0.3 is 0 Å². The predicted octanol–water partition coefficient (Wildman–Crippen LogP) is 3.09. The van der Waals surface area contributed by atoms with Crippen molar-refractivity contribution in [3.63, 3.8) is 0 Å². The molecular formula is C20H17ClN4O3S2. The zero-order chi connectivity index (χ0) is 21.5. The van der Waals surface area contributed by atoms with E-state index in [2.05, 4.69) is 4.72 Å². The van der Waals surface area contributed by atoms with Crippen molar-refractivity contribution >= 4 is 54.6 Å². The van der Waals surface area contributed by atoms with Gasteiger partial charge in [0.15, 0.2) is 0 Å². The SMILES string of the molecule is N#Cc1ccc(N)c(CN2CC[C@H](NS(=O)(=O)c3cc4c(Cl)cccc4s3)C2=O)c1. The number of hydrogen-bond donors (Lipinski definition) is 2. The van der Waals surface area contributed by atoms with Crippen molar-refractivity contribution in [1.29, 1.82) is 5.26 Å². The van der Waals surface area contributed by atoms with Crippen LogP contribution in [0.3, 0.4) is 0 Å². The van der Waals surface area contributed by atoms with E-state index < -0.39 is 16.1 Å². The molecule has 1 aromatic heterocycles. The van der Waals surface area contributed by atoms with E-state index in [1.165, 1.54) is 6.07 Å². The maximum absolute atomic E-state index is 12.8. The summed E-state index contributed by atoms with van der Waals surface area (Å²) in [5.74, 6) is -0.320. The number of nitrogens with one attached hydrogen (secondary N) is 1. The number of thiophene rings is 1.